The Hall–Kier alpha value is -1.79. The number of aryl methyl sites for hydroxylation is 2. The Balaban J connectivity index is 2.03. The molecule has 3 aromatic rings. The molecule has 1 unspecified atom stereocenters. The molecule has 1 atom stereocenters. The number of furan rings is 1. The maximum absolute atomic E-state index is 6.30. The molecule has 0 aliphatic carbocycles. The number of halogens is 2. The second-order valence-electron chi connectivity index (χ2n) is 5.29. The lowest BCUT2D eigenvalue weighted by atomic mass is 10.3. The quantitative estimate of drug-likeness (QED) is 0.684. The summed E-state index contributed by atoms with van der Waals surface area (Å²) in [7, 11) is 0. The van der Waals surface area contributed by atoms with Gasteiger partial charge < -0.3 is 9.73 Å². The first-order valence-corrected chi connectivity index (χ1v) is 8.28. The Morgan fingerprint density at radius 3 is 2.52 bits per heavy atom. The van der Waals surface area contributed by atoms with Gasteiger partial charge in [-0.1, -0.05) is 11.6 Å². The van der Waals surface area contributed by atoms with E-state index in [2.05, 4.69) is 31.3 Å². The van der Waals surface area contributed by atoms with E-state index < -0.39 is 0 Å². The summed E-state index contributed by atoms with van der Waals surface area (Å²) in [6, 6.07) is 7.66. The predicted molar refractivity (Wildman–Crippen MR) is 93.9 cm³/mol. The molecule has 0 saturated carbocycles. The molecule has 120 valence electrons. The zero-order chi connectivity index (χ0) is 16.6. The lowest BCUT2D eigenvalue weighted by Gasteiger charge is -2.19. The molecule has 0 aromatic carbocycles. The third-order valence-corrected chi connectivity index (χ3v) is 4.54. The zero-order valence-electron chi connectivity index (χ0n) is 13.0. The molecule has 3 rings (SSSR count). The van der Waals surface area contributed by atoms with Gasteiger partial charge in [0.05, 0.1) is 16.4 Å². The highest BCUT2D eigenvalue weighted by molar-refractivity contribution is 9.10. The van der Waals surface area contributed by atoms with Gasteiger partial charge in [0.2, 0.25) is 0 Å². The molecule has 0 amide bonds. The van der Waals surface area contributed by atoms with Crippen molar-refractivity contribution >= 4 is 33.3 Å². The highest BCUT2D eigenvalue weighted by atomic mass is 79.9. The average Bonchev–Trinajstić information content (AvgIpc) is 3.06. The number of hydrogen-bond donors (Lipinski definition) is 1. The predicted octanol–water partition coefficient (Wildman–Crippen LogP) is 4.87. The van der Waals surface area contributed by atoms with Crippen molar-refractivity contribution in [2.75, 3.05) is 5.32 Å². The number of pyridine rings is 1. The second-order valence-corrected chi connectivity index (χ2v) is 6.58. The number of nitrogens with one attached hydrogen (secondary N) is 1. The fourth-order valence-electron chi connectivity index (χ4n) is 2.35. The number of anilines is 1. The molecule has 5 nitrogen and oxygen atoms in total. The summed E-state index contributed by atoms with van der Waals surface area (Å²) < 4.78 is 8.53. The van der Waals surface area contributed by atoms with E-state index in [1.54, 1.807) is 6.20 Å². The lowest BCUT2D eigenvalue weighted by molar-refractivity contribution is 0.412. The number of nitrogens with zero attached hydrogens (tertiary/aromatic N) is 3. The van der Waals surface area contributed by atoms with Crippen molar-refractivity contribution in [2.45, 2.75) is 26.9 Å². The van der Waals surface area contributed by atoms with Crippen molar-refractivity contribution in [1.29, 1.82) is 0 Å². The van der Waals surface area contributed by atoms with Crippen LogP contribution in [0.15, 0.2) is 39.4 Å². The van der Waals surface area contributed by atoms with E-state index in [0.29, 0.717) is 5.02 Å². The number of rotatable bonds is 4. The first kappa shape index (κ1) is 16.1. The van der Waals surface area contributed by atoms with Gasteiger partial charge in [0.25, 0.3) is 0 Å². The monoisotopic (exact) mass is 394 g/mol. The van der Waals surface area contributed by atoms with Gasteiger partial charge in [-0.25, -0.2) is 9.67 Å². The molecule has 3 aromatic heterocycles. The first-order chi connectivity index (χ1) is 11.0. The summed E-state index contributed by atoms with van der Waals surface area (Å²) >= 11 is 9.68. The van der Waals surface area contributed by atoms with Crippen LogP contribution >= 0.6 is 27.5 Å². The van der Waals surface area contributed by atoms with Crippen molar-refractivity contribution < 1.29 is 4.42 Å². The highest BCUT2D eigenvalue weighted by Gasteiger charge is 2.22. The Morgan fingerprint density at radius 2 is 2.00 bits per heavy atom. The summed E-state index contributed by atoms with van der Waals surface area (Å²) in [6.45, 7) is 5.72. The smallest absolute Gasteiger partial charge is 0.180 e. The van der Waals surface area contributed by atoms with E-state index in [1.807, 2.05) is 49.7 Å². The van der Waals surface area contributed by atoms with Crippen LogP contribution in [-0.4, -0.2) is 14.8 Å². The molecular weight excluding hydrogens is 380 g/mol. The Morgan fingerprint density at radius 1 is 1.22 bits per heavy atom. The third-order valence-electron chi connectivity index (χ3n) is 3.52. The fraction of sp³-hybridized carbons (Fsp3) is 0.250. The Labute approximate surface area is 147 Å². The van der Waals surface area contributed by atoms with Crippen LogP contribution in [0, 0.1) is 20.8 Å². The van der Waals surface area contributed by atoms with Crippen LogP contribution in [-0.2, 0) is 0 Å². The van der Waals surface area contributed by atoms with Gasteiger partial charge in [0.1, 0.15) is 17.3 Å². The van der Waals surface area contributed by atoms with Crippen LogP contribution in [0.4, 0.5) is 5.82 Å². The second kappa shape index (κ2) is 6.37. The summed E-state index contributed by atoms with van der Waals surface area (Å²) in [5.41, 5.74) is 1.65. The first-order valence-electron chi connectivity index (χ1n) is 7.11. The van der Waals surface area contributed by atoms with Crippen LogP contribution in [0.2, 0.25) is 5.02 Å². The van der Waals surface area contributed by atoms with Gasteiger partial charge in [-0.05, 0) is 61.0 Å². The molecule has 7 heteroatoms. The van der Waals surface area contributed by atoms with Gasteiger partial charge >= 0.3 is 0 Å². The third kappa shape index (κ3) is 3.28. The van der Waals surface area contributed by atoms with Gasteiger partial charge in [-0.15, -0.1) is 0 Å². The summed E-state index contributed by atoms with van der Waals surface area (Å²) in [4.78, 5) is 4.36. The van der Waals surface area contributed by atoms with Crippen molar-refractivity contribution in [3.05, 3.63) is 62.9 Å². The lowest BCUT2D eigenvalue weighted by Crippen LogP contribution is -2.22. The summed E-state index contributed by atoms with van der Waals surface area (Å²) in [5, 5.41) is 8.54. The zero-order valence-corrected chi connectivity index (χ0v) is 15.3. The molecule has 23 heavy (non-hydrogen) atoms. The van der Waals surface area contributed by atoms with Crippen LogP contribution in [0.1, 0.15) is 29.1 Å². The molecule has 0 aliphatic rings. The molecule has 0 spiro atoms. The minimum Gasteiger partial charge on any atom is -0.462 e. The van der Waals surface area contributed by atoms with Gasteiger partial charge in [-0.2, -0.15) is 5.10 Å². The summed E-state index contributed by atoms with van der Waals surface area (Å²) in [6.07, 6.45) is 1.41. The molecule has 0 aliphatic heterocycles. The fourth-order valence-corrected chi connectivity index (χ4v) is 2.71. The van der Waals surface area contributed by atoms with Gasteiger partial charge in [0.15, 0.2) is 6.17 Å². The number of aromatic nitrogens is 3. The Bertz CT molecular complexity index is 825. The van der Waals surface area contributed by atoms with E-state index in [-0.39, 0.29) is 6.17 Å². The van der Waals surface area contributed by atoms with Crippen molar-refractivity contribution in [3.8, 4) is 0 Å². The topological polar surface area (TPSA) is 55.9 Å². The Kier molecular flexibility index (Phi) is 4.46. The van der Waals surface area contributed by atoms with Crippen LogP contribution in [0.3, 0.4) is 0 Å². The maximum atomic E-state index is 6.30. The average molecular weight is 396 g/mol. The van der Waals surface area contributed by atoms with Gasteiger partial charge in [-0.3, -0.25) is 0 Å². The molecule has 0 fully saturated rings. The van der Waals surface area contributed by atoms with E-state index in [9.17, 15) is 0 Å². The molecule has 3 heterocycles. The van der Waals surface area contributed by atoms with E-state index in [0.717, 1.165) is 33.2 Å². The van der Waals surface area contributed by atoms with E-state index in [1.165, 1.54) is 0 Å². The largest absolute Gasteiger partial charge is 0.462 e. The molecular formula is C16H16BrClN4O. The maximum Gasteiger partial charge on any atom is 0.180 e. The SMILES string of the molecule is Cc1ccc(C(Nc2ccc(Br)cn2)n2nc(C)c(Cl)c2C)o1. The molecule has 0 saturated heterocycles. The molecule has 0 bridgehead atoms. The van der Waals surface area contributed by atoms with Crippen LogP contribution in [0.25, 0.3) is 0 Å². The van der Waals surface area contributed by atoms with Crippen molar-refractivity contribution in [2.24, 2.45) is 0 Å². The molecule has 0 radical (unpaired) electrons. The summed E-state index contributed by atoms with van der Waals surface area (Å²) in [5.74, 6) is 2.30. The minimum absolute atomic E-state index is 0.330. The number of hydrogen-bond acceptors (Lipinski definition) is 4. The molecule has 1 N–H and O–H groups in total. The van der Waals surface area contributed by atoms with E-state index in [4.69, 9.17) is 16.0 Å². The highest BCUT2D eigenvalue weighted by Crippen LogP contribution is 2.28. The van der Waals surface area contributed by atoms with Crippen LogP contribution < -0.4 is 5.32 Å². The minimum atomic E-state index is -0.330. The van der Waals surface area contributed by atoms with E-state index >= 15 is 0 Å². The van der Waals surface area contributed by atoms with Crippen LogP contribution in [0.5, 0.6) is 0 Å². The normalized spacial score (nSPS) is 12.4. The van der Waals surface area contributed by atoms with Crippen molar-refractivity contribution in [3.63, 3.8) is 0 Å². The standard InChI is InChI=1S/C16H16BrClN4O/c1-9-4-6-13(23-9)16(20-14-7-5-12(17)8-19-14)22-11(3)15(18)10(2)21-22/h4-8,16H,1-3H3,(H,19,20). The van der Waals surface area contributed by atoms with Crippen molar-refractivity contribution in [1.82, 2.24) is 14.8 Å². The van der Waals surface area contributed by atoms with Gasteiger partial charge in [0, 0.05) is 10.7 Å².